The maximum atomic E-state index is 11.1. The number of piperidine rings is 1. The van der Waals surface area contributed by atoms with E-state index in [-0.39, 0.29) is 17.6 Å². The number of carbonyl (C=O) groups excluding carboxylic acids is 1. The van der Waals surface area contributed by atoms with E-state index in [0.29, 0.717) is 12.5 Å². The molecule has 1 saturated carbocycles. The molecule has 2 saturated heterocycles. The lowest BCUT2D eigenvalue weighted by Crippen LogP contribution is -2.45. The van der Waals surface area contributed by atoms with Gasteiger partial charge in [-0.3, -0.25) is 4.79 Å². The normalized spacial score (nSPS) is 25.7. The van der Waals surface area contributed by atoms with E-state index in [4.69, 9.17) is 9.72 Å². The van der Waals surface area contributed by atoms with Gasteiger partial charge in [0.2, 0.25) is 11.9 Å². The molecule has 1 unspecified atom stereocenters. The van der Waals surface area contributed by atoms with Gasteiger partial charge in [-0.15, -0.1) is 0 Å². The van der Waals surface area contributed by atoms with E-state index in [2.05, 4.69) is 21.3 Å². The number of nitrogens with zero attached hydrogens (tertiary/aromatic N) is 3. The fraction of sp³-hybridized carbons (Fsp3) is 0.750. The number of anilines is 1. The molecule has 2 aliphatic heterocycles. The zero-order chi connectivity index (χ0) is 18.0. The van der Waals surface area contributed by atoms with Gasteiger partial charge in [-0.2, -0.15) is 0 Å². The van der Waals surface area contributed by atoms with Gasteiger partial charge >= 0.3 is 0 Å². The Balaban J connectivity index is 1.34. The number of ether oxygens (including phenoxy) is 1. The van der Waals surface area contributed by atoms with Gasteiger partial charge in [0.05, 0.1) is 11.7 Å². The van der Waals surface area contributed by atoms with Crippen LogP contribution in [0.15, 0.2) is 12.3 Å². The zero-order valence-corrected chi connectivity index (χ0v) is 15.7. The van der Waals surface area contributed by atoms with Crippen molar-refractivity contribution in [3.05, 3.63) is 18.0 Å². The summed E-state index contributed by atoms with van der Waals surface area (Å²) in [7, 11) is 0. The predicted octanol–water partition coefficient (Wildman–Crippen LogP) is 2.79. The number of rotatable bonds is 4. The van der Waals surface area contributed by atoms with Crippen LogP contribution < -0.4 is 10.2 Å². The number of hydrogen-bond acceptors (Lipinski definition) is 5. The Morgan fingerprint density at radius 2 is 2.04 bits per heavy atom. The Bertz CT molecular complexity index is 636. The van der Waals surface area contributed by atoms with Crippen LogP contribution in [0, 0.1) is 0 Å². The molecule has 1 spiro atoms. The molecule has 0 radical (unpaired) electrons. The van der Waals surface area contributed by atoms with Crippen molar-refractivity contribution in [2.45, 2.75) is 75.9 Å². The molecule has 1 N–H and O–H groups in total. The molecule has 1 amide bonds. The first-order chi connectivity index (χ1) is 12.6. The van der Waals surface area contributed by atoms with Crippen molar-refractivity contribution in [2.75, 3.05) is 24.5 Å². The highest BCUT2D eigenvalue weighted by Gasteiger charge is 2.42. The Morgan fingerprint density at radius 1 is 1.27 bits per heavy atom. The second kappa shape index (κ2) is 7.51. The Hall–Kier alpha value is -1.69. The van der Waals surface area contributed by atoms with Crippen molar-refractivity contribution in [3.63, 3.8) is 0 Å². The van der Waals surface area contributed by atoms with Crippen LogP contribution in [-0.2, 0) is 9.53 Å². The lowest BCUT2D eigenvalue weighted by Gasteiger charge is -2.39. The maximum Gasteiger partial charge on any atom is 0.225 e. The van der Waals surface area contributed by atoms with Crippen molar-refractivity contribution >= 4 is 11.9 Å². The summed E-state index contributed by atoms with van der Waals surface area (Å²) in [6.07, 6.45) is 11.4. The van der Waals surface area contributed by atoms with E-state index in [9.17, 15) is 4.79 Å². The molecule has 142 valence electrons. The van der Waals surface area contributed by atoms with Gasteiger partial charge in [0, 0.05) is 44.4 Å². The van der Waals surface area contributed by atoms with Crippen molar-refractivity contribution in [3.8, 4) is 0 Å². The number of hydrogen-bond donors (Lipinski definition) is 1. The topological polar surface area (TPSA) is 67.4 Å². The summed E-state index contributed by atoms with van der Waals surface area (Å²) in [6.45, 7) is 4.08. The Labute approximate surface area is 155 Å². The molecule has 1 atom stereocenters. The molecule has 0 bridgehead atoms. The highest BCUT2D eigenvalue weighted by molar-refractivity contribution is 5.72. The maximum absolute atomic E-state index is 11.1. The van der Waals surface area contributed by atoms with Gasteiger partial charge in [-0.1, -0.05) is 12.8 Å². The average molecular weight is 358 g/mol. The largest absolute Gasteiger partial charge is 0.370 e. The van der Waals surface area contributed by atoms with Crippen LogP contribution >= 0.6 is 0 Å². The summed E-state index contributed by atoms with van der Waals surface area (Å²) in [4.78, 5) is 22.8. The summed E-state index contributed by atoms with van der Waals surface area (Å²) >= 11 is 0. The molecule has 4 rings (SSSR count). The highest BCUT2D eigenvalue weighted by atomic mass is 16.5. The lowest BCUT2D eigenvalue weighted by molar-refractivity contribution is -0.120. The minimum Gasteiger partial charge on any atom is -0.370 e. The van der Waals surface area contributed by atoms with Crippen LogP contribution in [-0.4, -0.2) is 47.2 Å². The molecule has 6 heteroatoms. The molecular weight excluding hydrogens is 328 g/mol. The average Bonchev–Trinajstić information content (AvgIpc) is 3.32. The lowest BCUT2D eigenvalue weighted by atomic mass is 9.88. The first-order valence-electron chi connectivity index (χ1n) is 10.1. The summed E-state index contributed by atoms with van der Waals surface area (Å²) in [5.74, 6) is 1.53. The summed E-state index contributed by atoms with van der Waals surface area (Å²) < 4.78 is 6.35. The Morgan fingerprint density at radius 3 is 2.77 bits per heavy atom. The smallest absolute Gasteiger partial charge is 0.225 e. The first kappa shape index (κ1) is 17.7. The van der Waals surface area contributed by atoms with E-state index in [1.54, 1.807) is 6.92 Å². The number of aromatic nitrogens is 2. The highest BCUT2D eigenvalue weighted by Crippen LogP contribution is 2.39. The summed E-state index contributed by atoms with van der Waals surface area (Å²) in [5.41, 5.74) is 1.21. The van der Waals surface area contributed by atoms with Crippen LogP contribution in [0.4, 0.5) is 5.95 Å². The van der Waals surface area contributed by atoms with Gasteiger partial charge in [0.1, 0.15) is 0 Å². The van der Waals surface area contributed by atoms with Crippen molar-refractivity contribution in [1.29, 1.82) is 0 Å². The Kier molecular flexibility index (Phi) is 5.11. The van der Waals surface area contributed by atoms with E-state index in [0.717, 1.165) is 44.7 Å². The third kappa shape index (κ3) is 3.85. The second-order valence-corrected chi connectivity index (χ2v) is 8.15. The standard InChI is InChI=1S/C20H30N4O2/c1-15(25)22-14-17-6-8-20(26-17)9-12-24(13-10-20)19-21-11-7-18(23-19)16-4-2-3-5-16/h7,11,16-17H,2-6,8-10,12-14H2,1H3,(H,22,25). The molecule has 1 aromatic heterocycles. The molecule has 3 aliphatic rings. The summed E-state index contributed by atoms with van der Waals surface area (Å²) in [5, 5.41) is 2.88. The van der Waals surface area contributed by atoms with Gasteiger partial charge < -0.3 is 15.0 Å². The zero-order valence-electron chi connectivity index (χ0n) is 15.7. The van der Waals surface area contributed by atoms with Gasteiger partial charge in [-0.25, -0.2) is 9.97 Å². The van der Waals surface area contributed by atoms with Crippen LogP contribution in [0.5, 0.6) is 0 Å². The summed E-state index contributed by atoms with van der Waals surface area (Å²) in [6, 6.07) is 2.09. The molecule has 3 heterocycles. The number of nitrogens with one attached hydrogen (secondary N) is 1. The molecule has 6 nitrogen and oxygen atoms in total. The third-order valence-corrected chi connectivity index (χ3v) is 6.31. The fourth-order valence-electron chi connectivity index (χ4n) is 4.74. The predicted molar refractivity (Wildman–Crippen MR) is 100 cm³/mol. The van der Waals surface area contributed by atoms with Crippen LogP contribution in [0.2, 0.25) is 0 Å². The van der Waals surface area contributed by atoms with E-state index in [1.807, 2.05) is 6.20 Å². The van der Waals surface area contributed by atoms with Gasteiger partial charge in [0.25, 0.3) is 0 Å². The monoisotopic (exact) mass is 358 g/mol. The van der Waals surface area contributed by atoms with Crippen LogP contribution in [0.25, 0.3) is 0 Å². The molecule has 0 aromatic carbocycles. The van der Waals surface area contributed by atoms with Crippen molar-refractivity contribution in [1.82, 2.24) is 15.3 Å². The van der Waals surface area contributed by atoms with Crippen LogP contribution in [0.3, 0.4) is 0 Å². The third-order valence-electron chi connectivity index (χ3n) is 6.31. The van der Waals surface area contributed by atoms with Crippen LogP contribution in [0.1, 0.15) is 69.9 Å². The van der Waals surface area contributed by atoms with E-state index >= 15 is 0 Å². The molecule has 26 heavy (non-hydrogen) atoms. The SMILES string of the molecule is CC(=O)NCC1CCC2(CCN(c3nccc(C4CCCC4)n3)CC2)O1. The molecule has 3 fully saturated rings. The second-order valence-electron chi connectivity index (χ2n) is 8.15. The molecule has 1 aliphatic carbocycles. The fourth-order valence-corrected chi connectivity index (χ4v) is 4.74. The van der Waals surface area contributed by atoms with E-state index < -0.39 is 0 Å². The number of amides is 1. The van der Waals surface area contributed by atoms with Gasteiger partial charge in [0.15, 0.2) is 0 Å². The minimum absolute atomic E-state index is 0.0112. The van der Waals surface area contributed by atoms with E-state index in [1.165, 1.54) is 31.4 Å². The molecular formula is C20H30N4O2. The van der Waals surface area contributed by atoms with Crippen molar-refractivity contribution < 1.29 is 9.53 Å². The van der Waals surface area contributed by atoms with Crippen molar-refractivity contribution in [2.24, 2.45) is 0 Å². The minimum atomic E-state index is -0.0112. The first-order valence-corrected chi connectivity index (χ1v) is 10.1. The number of carbonyl (C=O) groups is 1. The quantitative estimate of drug-likeness (QED) is 0.896. The molecule has 1 aromatic rings. The van der Waals surface area contributed by atoms with Gasteiger partial charge in [-0.05, 0) is 44.6 Å².